The minimum absolute atomic E-state index is 0.0448. The molecule has 8 heteroatoms. The van der Waals surface area contributed by atoms with Crippen LogP contribution >= 0.6 is 11.6 Å². The van der Waals surface area contributed by atoms with Gasteiger partial charge in [-0.05, 0) is 55.7 Å². The number of benzene rings is 2. The van der Waals surface area contributed by atoms with E-state index in [2.05, 4.69) is 10.2 Å². The summed E-state index contributed by atoms with van der Waals surface area (Å²) < 4.78 is 27.7. The molecular weight excluding hydrogens is 385 g/mol. The Morgan fingerprint density at radius 2 is 2.07 bits per heavy atom. The van der Waals surface area contributed by atoms with Crippen molar-refractivity contribution in [2.75, 3.05) is 0 Å². The fourth-order valence-electron chi connectivity index (χ4n) is 2.80. The Labute approximate surface area is 165 Å². The largest absolute Gasteiger partial charge is 0.490 e. The van der Waals surface area contributed by atoms with Gasteiger partial charge in [0.2, 0.25) is 0 Å². The van der Waals surface area contributed by atoms with Crippen LogP contribution in [-0.4, -0.2) is 20.9 Å². The van der Waals surface area contributed by atoms with E-state index in [1.807, 2.05) is 6.92 Å². The number of hydrogen-bond donors (Lipinski definition) is 1. The number of rotatable bonds is 6. The summed E-state index contributed by atoms with van der Waals surface area (Å²) in [7, 11) is 1.59. The van der Waals surface area contributed by atoms with Crippen molar-refractivity contribution >= 4 is 11.6 Å². The van der Waals surface area contributed by atoms with Gasteiger partial charge >= 0.3 is 5.69 Å². The van der Waals surface area contributed by atoms with Crippen LogP contribution in [0.15, 0.2) is 35.1 Å². The van der Waals surface area contributed by atoms with Crippen molar-refractivity contribution < 1.29 is 13.9 Å². The van der Waals surface area contributed by atoms with Gasteiger partial charge in [0, 0.05) is 23.2 Å². The molecule has 146 valence electrons. The highest BCUT2D eigenvalue weighted by Gasteiger charge is 2.24. The van der Waals surface area contributed by atoms with Crippen molar-refractivity contribution in [1.29, 1.82) is 0 Å². The Balaban J connectivity index is 1.70. The second-order valence-electron chi connectivity index (χ2n) is 6.85. The molecule has 1 saturated carbocycles. The first-order chi connectivity index (χ1) is 13.4. The summed E-state index contributed by atoms with van der Waals surface area (Å²) in [5.41, 5.74) is 1.31. The van der Waals surface area contributed by atoms with Gasteiger partial charge in [0.05, 0.1) is 6.10 Å². The van der Waals surface area contributed by atoms with E-state index in [0.29, 0.717) is 33.5 Å². The maximum atomic E-state index is 14.6. The van der Waals surface area contributed by atoms with Crippen LogP contribution in [-0.2, 0) is 13.7 Å². The van der Waals surface area contributed by atoms with Crippen LogP contribution in [0.3, 0.4) is 0 Å². The molecule has 1 aromatic heterocycles. The molecule has 0 unspecified atom stereocenters. The topological polar surface area (TPSA) is 69.1 Å². The van der Waals surface area contributed by atoms with Crippen LogP contribution in [0.5, 0.6) is 11.5 Å². The molecule has 1 aliphatic rings. The smallest absolute Gasteiger partial charge is 0.343 e. The van der Waals surface area contributed by atoms with E-state index in [1.165, 1.54) is 10.6 Å². The van der Waals surface area contributed by atoms with Crippen LogP contribution in [0.25, 0.3) is 11.1 Å². The first-order valence-corrected chi connectivity index (χ1v) is 9.30. The van der Waals surface area contributed by atoms with Gasteiger partial charge in [-0.3, -0.25) is 4.57 Å². The highest BCUT2D eigenvalue weighted by Crippen LogP contribution is 2.39. The monoisotopic (exact) mass is 403 g/mol. The second kappa shape index (κ2) is 7.31. The number of ether oxygens (including phenoxy) is 2. The van der Waals surface area contributed by atoms with Crippen LogP contribution in [0, 0.1) is 12.7 Å². The Kier molecular flexibility index (Phi) is 4.85. The summed E-state index contributed by atoms with van der Waals surface area (Å²) in [6.07, 6.45) is 2.23. The van der Waals surface area contributed by atoms with Crippen molar-refractivity contribution in [2.45, 2.75) is 32.5 Å². The minimum atomic E-state index is -0.403. The lowest BCUT2D eigenvalue weighted by Crippen LogP contribution is -2.15. The molecule has 3 aromatic rings. The molecule has 0 spiro atoms. The predicted molar refractivity (Wildman–Crippen MR) is 103 cm³/mol. The first kappa shape index (κ1) is 18.6. The third-order valence-electron chi connectivity index (χ3n) is 4.65. The maximum Gasteiger partial charge on any atom is 0.343 e. The fourth-order valence-corrected chi connectivity index (χ4v) is 2.96. The van der Waals surface area contributed by atoms with Gasteiger partial charge in [0.15, 0.2) is 5.82 Å². The Hall–Kier alpha value is -2.80. The SMILES string of the molecule is Cc1cc(OCc2n[nH]c(=O)n2C)c(-c2cc(OC3CC3)ccc2F)cc1Cl. The van der Waals surface area contributed by atoms with E-state index in [0.717, 1.165) is 18.4 Å². The van der Waals surface area contributed by atoms with Crippen molar-refractivity contribution in [2.24, 2.45) is 7.05 Å². The van der Waals surface area contributed by atoms with Gasteiger partial charge in [0.25, 0.3) is 0 Å². The molecule has 1 heterocycles. The van der Waals surface area contributed by atoms with E-state index in [-0.39, 0.29) is 18.4 Å². The number of aryl methyl sites for hydroxylation is 1. The molecule has 4 rings (SSSR count). The van der Waals surface area contributed by atoms with Crippen molar-refractivity contribution in [3.05, 3.63) is 63.0 Å². The molecular formula is C20H19ClFN3O3. The van der Waals surface area contributed by atoms with Crippen molar-refractivity contribution in [3.63, 3.8) is 0 Å². The Morgan fingerprint density at radius 3 is 2.75 bits per heavy atom. The lowest BCUT2D eigenvalue weighted by Gasteiger charge is -2.15. The zero-order chi connectivity index (χ0) is 19.8. The van der Waals surface area contributed by atoms with Gasteiger partial charge in [-0.15, -0.1) is 0 Å². The number of H-pyrrole nitrogens is 1. The van der Waals surface area contributed by atoms with Gasteiger partial charge in [-0.1, -0.05) is 11.6 Å². The van der Waals surface area contributed by atoms with Gasteiger partial charge in [-0.2, -0.15) is 5.10 Å². The third-order valence-corrected chi connectivity index (χ3v) is 5.05. The normalized spacial score (nSPS) is 13.6. The number of hydrogen-bond acceptors (Lipinski definition) is 4. The van der Waals surface area contributed by atoms with E-state index < -0.39 is 5.82 Å². The van der Waals surface area contributed by atoms with E-state index >= 15 is 0 Å². The molecule has 1 N–H and O–H groups in total. The molecule has 0 aliphatic heterocycles. The molecule has 1 fully saturated rings. The number of nitrogens with one attached hydrogen (secondary N) is 1. The molecule has 0 radical (unpaired) electrons. The van der Waals surface area contributed by atoms with Crippen molar-refractivity contribution in [1.82, 2.24) is 14.8 Å². The van der Waals surface area contributed by atoms with Crippen LogP contribution < -0.4 is 15.2 Å². The molecule has 0 amide bonds. The molecule has 28 heavy (non-hydrogen) atoms. The number of aromatic nitrogens is 3. The van der Waals surface area contributed by atoms with Crippen LogP contribution in [0.1, 0.15) is 24.2 Å². The lowest BCUT2D eigenvalue weighted by molar-refractivity contribution is 0.291. The van der Waals surface area contributed by atoms with E-state index in [4.69, 9.17) is 21.1 Å². The zero-order valence-electron chi connectivity index (χ0n) is 15.5. The van der Waals surface area contributed by atoms with Crippen LogP contribution in [0.4, 0.5) is 4.39 Å². The highest BCUT2D eigenvalue weighted by atomic mass is 35.5. The van der Waals surface area contributed by atoms with E-state index in [1.54, 1.807) is 31.3 Å². The summed E-state index contributed by atoms with van der Waals surface area (Å²) in [5, 5.41) is 6.79. The van der Waals surface area contributed by atoms with Gasteiger partial charge in [0.1, 0.15) is 23.9 Å². The highest BCUT2D eigenvalue weighted by molar-refractivity contribution is 6.31. The molecule has 1 aliphatic carbocycles. The average molecular weight is 404 g/mol. The maximum absolute atomic E-state index is 14.6. The first-order valence-electron chi connectivity index (χ1n) is 8.92. The van der Waals surface area contributed by atoms with Gasteiger partial charge in [-0.25, -0.2) is 14.3 Å². The zero-order valence-corrected chi connectivity index (χ0v) is 16.2. The number of halogens is 2. The molecule has 2 aromatic carbocycles. The predicted octanol–water partition coefficient (Wildman–Crippen LogP) is 4.00. The van der Waals surface area contributed by atoms with E-state index in [9.17, 15) is 9.18 Å². The molecule has 0 atom stereocenters. The summed E-state index contributed by atoms with van der Waals surface area (Å²) in [6.45, 7) is 1.88. The fraction of sp³-hybridized carbons (Fsp3) is 0.300. The van der Waals surface area contributed by atoms with Crippen LogP contribution in [0.2, 0.25) is 5.02 Å². The number of nitrogens with zero attached hydrogens (tertiary/aromatic N) is 2. The lowest BCUT2D eigenvalue weighted by atomic mass is 10.0. The quantitative estimate of drug-likeness (QED) is 0.675. The Morgan fingerprint density at radius 1 is 1.29 bits per heavy atom. The van der Waals surface area contributed by atoms with Gasteiger partial charge < -0.3 is 9.47 Å². The molecule has 0 bridgehead atoms. The molecule has 0 saturated heterocycles. The average Bonchev–Trinajstić information content (AvgIpc) is 3.43. The summed E-state index contributed by atoms with van der Waals surface area (Å²) in [6, 6.07) is 8.08. The summed E-state index contributed by atoms with van der Waals surface area (Å²) in [4.78, 5) is 11.5. The van der Waals surface area contributed by atoms with Crippen molar-refractivity contribution in [3.8, 4) is 22.6 Å². The molecule has 6 nitrogen and oxygen atoms in total. The Bertz CT molecular complexity index is 1090. The summed E-state index contributed by atoms with van der Waals surface area (Å²) >= 11 is 6.30. The second-order valence-corrected chi connectivity index (χ2v) is 7.26. The standard InChI is InChI=1S/C20H19ClFN3O3/c1-11-7-18(27-10-19-23-24-20(26)25(19)2)15(9-16(11)21)14-8-13(5-6-17(14)22)28-12-3-4-12/h5-9,12H,3-4,10H2,1-2H3,(H,24,26). The third kappa shape index (κ3) is 3.75. The summed E-state index contributed by atoms with van der Waals surface area (Å²) in [5.74, 6) is 1.07. The minimum Gasteiger partial charge on any atom is -0.490 e. The number of aromatic amines is 1.